The van der Waals surface area contributed by atoms with Gasteiger partial charge in [0.05, 0.1) is 4.90 Å². The molecule has 1 N–H and O–H groups in total. The van der Waals surface area contributed by atoms with E-state index in [1.54, 1.807) is 24.5 Å². The number of piperidine rings is 1. The highest BCUT2D eigenvalue weighted by Gasteiger charge is 2.24. The lowest BCUT2D eigenvalue weighted by Crippen LogP contribution is -2.36. The maximum absolute atomic E-state index is 14.0. The van der Waals surface area contributed by atoms with Crippen LogP contribution in [0.15, 0.2) is 90.1 Å². The SMILES string of the molecule is Cc1ccc(S(=O)(=O)n2cc(-c3ccc4c(c3)CCN(C)C4)c3cc(-c4ccc(CN5CCCC(CO)C5)cc4)cnc32)cc1. The van der Waals surface area contributed by atoms with Gasteiger partial charge >= 0.3 is 0 Å². The number of aliphatic hydroxyl groups is 1. The van der Waals surface area contributed by atoms with Crippen molar-refractivity contribution in [1.29, 1.82) is 0 Å². The van der Waals surface area contributed by atoms with Gasteiger partial charge in [0.2, 0.25) is 0 Å². The molecule has 5 aromatic rings. The number of rotatable bonds is 7. The Labute approximate surface area is 265 Å². The van der Waals surface area contributed by atoms with Crippen LogP contribution in [0.4, 0.5) is 0 Å². The zero-order valence-electron chi connectivity index (χ0n) is 26.0. The number of likely N-dealkylation sites (tertiary alicyclic amines) is 1. The van der Waals surface area contributed by atoms with E-state index in [2.05, 4.69) is 65.4 Å². The third kappa shape index (κ3) is 5.95. The fourth-order valence-electron chi connectivity index (χ4n) is 6.84. The van der Waals surface area contributed by atoms with Gasteiger partial charge in [0.15, 0.2) is 5.65 Å². The van der Waals surface area contributed by atoms with Gasteiger partial charge in [-0.2, -0.15) is 0 Å². The van der Waals surface area contributed by atoms with Gasteiger partial charge in [0.1, 0.15) is 0 Å². The molecule has 2 aromatic heterocycles. The summed E-state index contributed by atoms with van der Waals surface area (Å²) in [5, 5.41) is 10.4. The topological polar surface area (TPSA) is 78.7 Å². The van der Waals surface area contributed by atoms with Crippen molar-refractivity contribution in [2.75, 3.05) is 33.3 Å². The summed E-state index contributed by atoms with van der Waals surface area (Å²) in [6.07, 6.45) is 6.71. The molecule has 8 heteroatoms. The van der Waals surface area contributed by atoms with Crippen LogP contribution in [0.2, 0.25) is 0 Å². The molecule has 45 heavy (non-hydrogen) atoms. The molecule has 7 rings (SSSR count). The molecular weight excluding hydrogens is 580 g/mol. The smallest absolute Gasteiger partial charge is 0.269 e. The molecule has 232 valence electrons. The maximum atomic E-state index is 14.0. The molecule has 0 spiro atoms. The summed E-state index contributed by atoms with van der Waals surface area (Å²) in [4.78, 5) is 9.78. The summed E-state index contributed by atoms with van der Waals surface area (Å²) in [7, 11) is -1.73. The summed E-state index contributed by atoms with van der Waals surface area (Å²) >= 11 is 0. The molecule has 2 aliphatic heterocycles. The maximum Gasteiger partial charge on any atom is 0.269 e. The van der Waals surface area contributed by atoms with Crippen molar-refractivity contribution in [3.8, 4) is 22.3 Å². The van der Waals surface area contributed by atoms with Gasteiger partial charge < -0.3 is 10.0 Å². The second-order valence-corrected chi connectivity index (χ2v) is 14.7. The Balaban J connectivity index is 1.28. The molecule has 1 unspecified atom stereocenters. The number of aromatic nitrogens is 2. The highest BCUT2D eigenvalue weighted by molar-refractivity contribution is 7.90. The summed E-state index contributed by atoms with van der Waals surface area (Å²) in [5.74, 6) is 0.364. The van der Waals surface area contributed by atoms with Crippen LogP contribution in [0.25, 0.3) is 33.3 Å². The van der Waals surface area contributed by atoms with Crippen LogP contribution in [-0.4, -0.2) is 65.6 Å². The van der Waals surface area contributed by atoms with E-state index in [9.17, 15) is 13.5 Å². The van der Waals surface area contributed by atoms with Gasteiger partial charge in [0.25, 0.3) is 10.0 Å². The first-order valence-corrected chi connectivity index (χ1v) is 17.3. The van der Waals surface area contributed by atoms with Crippen LogP contribution in [0, 0.1) is 12.8 Å². The molecule has 0 radical (unpaired) electrons. The summed E-state index contributed by atoms with van der Waals surface area (Å²) in [6.45, 7) is 6.98. The van der Waals surface area contributed by atoms with E-state index < -0.39 is 10.0 Å². The van der Waals surface area contributed by atoms with E-state index in [1.807, 2.05) is 19.1 Å². The Morgan fingerprint density at radius 3 is 2.47 bits per heavy atom. The number of pyridine rings is 1. The standard InChI is InChI=1S/C37H40N4O3S/c1-26-5-13-34(14-6-26)45(43,44)41-24-36(31-11-12-32-23-39(2)17-15-30(32)18-31)35-19-33(20-38-37(35)41)29-9-7-27(8-10-29)21-40-16-3-4-28(22-40)25-42/h5-14,18-20,24,28,42H,3-4,15-17,21-23,25H2,1-2H3. The normalized spacial score (nSPS) is 17.9. The molecule has 0 aliphatic carbocycles. The molecule has 1 fully saturated rings. The minimum Gasteiger partial charge on any atom is -0.396 e. The molecule has 1 atom stereocenters. The van der Waals surface area contributed by atoms with Crippen molar-refractivity contribution in [3.05, 3.63) is 107 Å². The van der Waals surface area contributed by atoms with Crippen LogP contribution >= 0.6 is 0 Å². The first-order valence-electron chi connectivity index (χ1n) is 15.8. The monoisotopic (exact) mass is 620 g/mol. The molecule has 0 bridgehead atoms. The molecule has 3 aromatic carbocycles. The number of benzene rings is 3. The quantitative estimate of drug-likeness (QED) is 0.237. The second kappa shape index (κ2) is 12.2. The molecule has 1 saturated heterocycles. The van der Waals surface area contributed by atoms with E-state index >= 15 is 0 Å². The zero-order valence-corrected chi connectivity index (χ0v) is 26.8. The third-order valence-corrected chi connectivity index (χ3v) is 11.1. The number of likely N-dealkylation sites (N-methyl/N-ethyl adjacent to an activating group) is 1. The van der Waals surface area contributed by atoms with Crippen LogP contribution in [0.3, 0.4) is 0 Å². The van der Waals surface area contributed by atoms with Gasteiger partial charge in [0, 0.05) is 61.7 Å². The summed E-state index contributed by atoms with van der Waals surface area (Å²) in [5.41, 5.74) is 9.13. The average Bonchev–Trinajstić information content (AvgIpc) is 3.45. The Kier molecular flexibility index (Phi) is 8.08. The van der Waals surface area contributed by atoms with Crippen LogP contribution in [0.1, 0.15) is 35.1 Å². The van der Waals surface area contributed by atoms with E-state index in [1.165, 1.54) is 20.7 Å². The van der Waals surface area contributed by atoms with Crippen LogP contribution in [-0.2, 0) is 29.5 Å². The van der Waals surface area contributed by atoms with Gasteiger partial charge in [-0.15, -0.1) is 0 Å². The predicted molar refractivity (Wildman–Crippen MR) is 179 cm³/mol. The third-order valence-electron chi connectivity index (χ3n) is 9.46. The van der Waals surface area contributed by atoms with Crippen molar-refractivity contribution in [1.82, 2.24) is 18.8 Å². The molecule has 2 aliphatic rings. The first kappa shape index (κ1) is 29.9. The van der Waals surface area contributed by atoms with Gasteiger partial charge in [-0.3, -0.25) is 4.90 Å². The number of aliphatic hydroxyl groups excluding tert-OH is 1. The van der Waals surface area contributed by atoms with E-state index in [4.69, 9.17) is 4.98 Å². The Bertz CT molecular complexity index is 1950. The average molecular weight is 621 g/mol. The molecule has 4 heterocycles. The predicted octanol–water partition coefficient (Wildman–Crippen LogP) is 6.11. The lowest BCUT2D eigenvalue weighted by Gasteiger charge is -2.31. The van der Waals surface area contributed by atoms with Crippen LogP contribution in [0.5, 0.6) is 0 Å². The van der Waals surface area contributed by atoms with Gasteiger partial charge in [-0.1, -0.05) is 60.2 Å². The lowest BCUT2D eigenvalue weighted by molar-refractivity contribution is 0.116. The number of hydrogen-bond donors (Lipinski definition) is 1. The fourth-order valence-corrected chi connectivity index (χ4v) is 8.17. The Morgan fingerprint density at radius 1 is 0.911 bits per heavy atom. The fraction of sp³-hybridized carbons (Fsp3) is 0.324. The van der Waals surface area contributed by atoms with Crippen molar-refractivity contribution in [3.63, 3.8) is 0 Å². The second-order valence-electron chi connectivity index (χ2n) is 12.8. The number of fused-ring (bicyclic) bond motifs is 2. The highest BCUT2D eigenvalue weighted by atomic mass is 32.2. The molecular formula is C37H40N4O3S. The lowest BCUT2D eigenvalue weighted by atomic mass is 9.94. The van der Waals surface area contributed by atoms with Crippen molar-refractivity contribution < 1.29 is 13.5 Å². The molecule has 0 amide bonds. The van der Waals surface area contributed by atoms with E-state index in [0.717, 1.165) is 85.2 Å². The Morgan fingerprint density at radius 2 is 1.69 bits per heavy atom. The number of nitrogens with zero attached hydrogens (tertiary/aromatic N) is 4. The summed E-state index contributed by atoms with van der Waals surface area (Å²) < 4.78 is 29.3. The number of hydrogen-bond acceptors (Lipinski definition) is 6. The van der Waals surface area contributed by atoms with Crippen LogP contribution < -0.4 is 0 Å². The number of aryl methyl sites for hydroxylation is 1. The largest absolute Gasteiger partial charge is 0.396 e. The molecule has 7 nitrogen and oxygen atoms in total. The van der Waals surface area contributed by atoms with Crippen molar-refractivity contribution in [2.24, 2.45) is 5.92 Å². The first-order chi connectivity index (χ1) is 21.8. The summed E-state index contributed by atoms with van der Waals surface area (Å²) in [6, 6.07) is 24.1. The molecule has 0 saturated carbocycles. The van der Waals surface area contributed by atoms with Crippen molar-refractivity contribution in [2.45, 2.75) is 44.2 Å². The van der Waals surface area contributed by atoms with Gasteiger partial charge in [-0.05, 0) is 91.7 Å². The minimum absolute atomic E-state index is 0.241. The van der Waals surface area contributed by atoms with Gasteiger partial charge in [-0.25, -0.2) is 17.4 Å². The highest BCUT2D eigenvalue weighted by Crippen LogP contribution is 2.36. The Hall–Kier alpha value is -3.82. The minimum atomic E-state index is -3.87. The van der Waals surface area contributed by atoms with Crippen molar-refractivity contribution >= 4 is 21.1 Å². The van der Waals surface area contributed by atoms with E-state index in [0.29, 0.717) is 11.6 Å². The van der Waals surface area contributed by atoms with E-state index in [-0.39, 0.29) is 11.5 Å². The zero-order chi connectivity index (χ0) is 31.1.